The lowest BCUT2D eigenvalue weighted by atomic mass is 9.85. The molecule has 1 aliphatic heterocycles. The van der Waals surface area contributed by atoms with E-state index in [-0.39, 0.29) is 0 Å². The van der Waals surface area contributed by atoms with Crippen LogP contribution in [0.3, 0.4) is 0 Å². The average molecular weight is 270 g/mol. The van der Waals surface area contributed by atoms with Gasteiger partial charge in [0.05, 0.1) is 0 Å². The lowest BCUT2D eigenvalue weighted by Crippen LogP contribution is -2.46. The Labute approximate surface area is 117 Å². The summed E-state index contributed by atoms with van der Waals surface area (Å²) in [6.07, 6.45) is 5.11. The van der Waals surface area contributed by atoms with E-state index in [1.807, 2.05) is 11.8 Å². The first-order valence-electron chi connectivity index (χ1n) is 7.33. The zero-order valence-electron chi connectivity index (χ0n) is 12.8. The van der Waals surface area contributed by atoms with Crippen LogP contribution in [0.25, 0.3) is 0 Å². The van der Waals surface area contributed by atoms with Crippen molar-refractivity contribution >= 4 is 16.9 Å². The van der Waals surface area contributed by atoms with E-state index in [2.05, 4.69) is 39.9 Å². The van der Waals surface area contributed by atoms with Gasteiger partial charge in [-0.2, -0.15) is 0 Å². The normalized spacial score (nSPS) is 23.4. The van der Waals surface area contributed by atoms with Gasteiger partial charge >= 0.3 is 0 Å². The molecule has 0 aliphatic carbocycles. The summed E-state index contributed by atoms with van der Waals surface area (Å²) in [5.41, 5.74) is 0.333. The number of aliphatic imine (C=N–C) groups is 1. The van der Waals surface area contributed by atoms with Crippen LogP contribution in [0.1, 0.15) is 60.3 Å². The van der Waals surface area contributed by atoms with Crippen LogP contribution in [0.2, 0.25) is 0 Å². The third-order valence-electron chi connectivity index (χ3n) is 3.43. The number of thioether (sulfide) groups is 1. The molecule has 1 N–H and O–H groups in total. The number of amidine groups is 1. The van der Waals surface area contributed by atoms with Crippen molar-refractivity contribution in [3.8, 4) is 0 Å². The van der Waals surface area contributed by atoms with E-state index in [0.717, 1.165) is 12.5 Å². The molecular weight excluding hydrogens is 240 g/mol. The highest BCUT2D eigenvalue weighted by Crippen LogP contribution is 2.27. The third-order valence-corrected chi connectivity index (χ3v) is 4.39. The minimum atomic E-state index is 0.333. The van der Waals surface area contributed by atoms with E-state index in [9.17, 15) is 0 Å². The van der Waals surface area contributed by atoms with Crippen LogP contribution in [0.4, 0.5) is 0 Å². The zero-order chi connectivity index (χ0) is 13.6. The van der Waals surface area contributed by atoms with Crippen molar-refractivity contribution in [1.29, 1.82) is 0 Å². The molecule has 0 bridgehead atoms. The van der Waals surface area contributed by atoms with Gasteiger partial charge in [-0.15, -0.1) is 0 Å². The fraction of sp³-hybridized carbons (Fsp3) is 0.933. The monoisotopic (exact) mass is 270 g/mol. The van der Waals surface area contributed by atoms with Crippen molar-refractivity contribution < 1.29 is 0 Å². The van der Waals surface area contributed by atoms with Crippen LogP contribution in [0.5, 0.6) is 0 Å². The lowest BCUT2D eigenvalue weighted by molar-refractivity contribution is 0.290. The predicted molar refractivity (Wildman–Crippen MR) is 84.4 cm³/mol. The number of hydrogen-bond donors (Lipinski definition) is 1. The van der Waals surface area contributed by atoms with Gasteiger partial charge in [-0.05, 0) is 24.2 Å². The number of unbranched alkanes of at least 4 members (excludes halogenated alkanes) is 1. The second kappa shape index (κ2) is 7.42. The molecule has 3 heteroatoms. The zero-order valence-corrected chi connectivity index (χ0v) is 13.6. The van der Waals surface area contributed by atoms with Gasteiger partial charge in [-0.25, -0.2) is 0 Å². The fourth-order valence-electron chi connectivity index (χ4n) is 2.12. The van der Waals surface area contributed by atoms with Crippen molar-refractivity contribution in [1.82, 2.24) is 5.32 Å². The predicted octanol–water partition coefficient (Wildman–Crippen LogP) is 4.31. The summed E-state index contributed by atoms with van der Waals surface area (Å²) in [5.74, 6) is 2.03. The molecule has 1 fully saturated rings. The summed E-state index contributed by atoms with van der Waals surface area (Å²) in [6.45, 7) is 12.5. The van der Waals surface area contributed by atoms with Gasteiger partial charge in [0.1, 0.15) is 0 Å². The first-order chi connectivity index (χ1) is 8.39. The number of nitrogens with zero attached hydrogens (tertiary/aromatic N) is 1. The molecule has 0 aromatic rings. The Balaban J connectivity index is 2.28. The van der Waals surface area contributed by atoms with Crippen molar-refractivity contribution in [2.24, 2.45) is 16.3 Å². The SMILES string of the molecule is CC(C)CCCCN=C1NC(C(C)(C)C)CCS1. The summed E-state index contributed by atoms with van der Waals surface area (Å²) >= 11 is 1.89. The molecule has 0 amide bonds. The Morgan fingerprint density at radius 3 is 2.67 bits per heavy atom. The highest BCUT2D eigenvalue weighted by molar-refractivity contribution is 8.13. The summed E-state index contributed by atoms with van der Waals surface area (Å²) < 4.78 is 0. The van der Waals surface area contributed by atoms with Gasteiger partial charge in [-0.1, -0.05) is 59.2 Å². The average Bonchev–Trinajstić information content (AvgIpc) is 2.27. The Morgan fingerprint density at radius 1 is 1.33 bits per heavy atom. The van der Waals surface area contributed by atoms with E-state index >= 15 is 0 Å². The number of nitrogens with one attached hydrogen (secondary N) is 1. The molecule has 1 aliphatic rings. The molecule has 0 spiro atoms. The molecule has 18 heavy (non-hydrogen) atoms. The molecule has 0 aromatic heterocycles. The molecule has 0 radical (unpaired) electrons. The quantitative estimate of drug-likeness (QED) is 0.753. The number of rotatable bonds is 5. The highest BCUT2D eigenvalue weighted by atomic mass is 32.2. The van der Waals surface area contributed by atoms with Gasteiger partial charge in [0.15, 0.2) is 5.17 Å². The second-order valence-corrected chi connectivity index (χ2v) is 7.86. The van der Waals surface area contributed by atoms with E-state index in [1.165, 1.54) is 36.6 Å². The topological polar surface area (TPSA) is 24.4 Å². The Kier molecular flexibility index (Phi) is 6.54. The molecule has 2 nitrogen and oxygen atoms in total. The standard InChI is InChI=1S/C15H30N2S/c1-12(2)8-6-7-10-16-14-17-13(9-11-18-14)15(3,4)5/h12-13H,6-11H2,1-5H3,(H,16,17). The van der Waals surface area contributed by atoms with E-state index < -0.39 is 0 Å². The van der Waals surface area contributed by atoms with Crippen LogP contribution in [-0.4, -0.2) is 23.5 Å². The van der Waals surface area contributed by atoms with Crippen LogP contribution < -0.4 is 5.32 Å². The van der Waals surface area contributed by atoms with Crippen LogP contribution in [0, 0.1) is 11.3 Å². The van der Waals surface area contributed by atoms with E-state index in [1.54, 1.807) is 0 Å². The van der Waals surface area contributed by atoms with Crippen molar-refractivity contribution in [3.63, 3.8) is 0 Å². The molecular formula is C15H30N2S. The maximum absolute atomic E-state index is 4.71. The van der Waals surface area contributed by atoms with Crippen LogP contribution in [-0.2, 0) is 0 Å². The second-order valence-electron chi connectivity index (χ2n) is 6.78. The first kappa shape index (κ1) is 15.9. The minimum absolute atomic E-state index is 0.333. The van der Waals surface area contributed by atoms with E-state index in [0.29, 0.717) is 11.5 Å². The molecule has 1 heterocycles. The highest BCUT2D eigenvalue weighted by Gasteiger charge is 2.28. The van der Waals surface area contributed by atoms with Crippen LogP contribution >= 0.6 is 11.8 Å². The molecule has 106 valence electrons. The van der Waals surface area contributed by atoms with Crippen molar-refractivity contribution in [2.75, 3.05) is 12.3 Å². The molecule has 1 rings (SSSR count). The minimum Gasteiger partial charge on any atom is -0.362 e. The van der Waals surface area contributed by atoms with Crippen molar-refractivity contribution in [2.45, 2.75) is 66.3 Å². The Hall–Kier alpha value is -0.180. The summed E-state index contributed by atoms with van der Waals surface area (Å²) in [7, 11) is 0. The fourth-order valence-corrected chi connectivity index (χ4v) is 3.08. The summed E-state index contributed by atoms with van der Waals surface area (Å²) in [6, 6.07) is 0.577. The first-order valence-corrected chi connectivity index (χ1v) is 8.32. The molecule has 1 unspecified atom stereocenters. The van der Waals surface area contributed by atoms with Gasteiger partial charge in [0, 0.05) is 18.3 Å². The Morgan fingerprint density at radius 2 is 2.06 bits per heavy atom. The molecule has 1 saturated heterocycles. The summed E-state index contributed by atoms with van der Waals surface area (Å²) in [5, 5.41) is 4.78. The molecule has 0 saturated carbocycles. The van der Waals surface area contributed by atoms with Gasteiger partial charge < -0.3 is 5.32 Å². The molecule has 1 atom stereocenters. The van der Waals surface area contributed by atoms with Gasteiger partial charge in [0.25, 0.3) is 0 Å². The van der Waals surface area contributed by atoms with Gasteiger partial charge in [0.2, 0.25) is 0 Å². The number of hydrogen-bond acceptors (Lipinski definition) is 2. The maximum atomic E-state index is 4.71. The van der Waals surface area contributed by atoms with E-state index in [4.69, 9.17) is 4.99 Å². The van der Waals surface area contributed by atoms with Crippen LogP contribution in [0.15, 0.2) is 4.99 Å². The smallest absolute Gasteiger partial charge is 0.156 e. The Bertz CT molecular complexity index is 266. The molecule has 0 aromatic carbocycles. The largest absolute Gasteiger partial charge is 0.362 e. The third kappa shape index (κ3) is 6.12. The van der Waals surface area contributed by atoms with Crippen molar-refractivity contribution in [3.05, 3.63) is 0 Å². The lowest BCUT2D eigenvalue weighted by Gasteiger charge is -2.35. The van der Waals surface area contributed by atoms with Gasteiger partial charge in [-0.3, -0.25) is 4.99 Å². The maximum Gasteiger partial charge on any atom is 0.156 e. The summed E-state index contributed by atoms with van der Waals surface area (Å²) in [4.78, 5) is 4.71.